The van der Waals surface area contributed by atoms with Crippen LogP contribution in [-0.4, -0.2) is 137 Å². The molecule has 4 saturated heterocycles. The Hall–Kier alpha value is -2.31. The molecule has 61 heavy (non-hydrogen) atoms. The zero-order valence-electron chi connectivity index (χ0n) is 37.3. The van der Waals surface area contributed by atoms with Gasteiger partial charge in [0.2, 0.25) is 0 Å². The normalized spacial score (nSPS) is 48.9. The molecule has 1 aliphatic carbocycles. The van der Waals surface area contributed by atoms with Crippen molar-refractivity contribution in [3.8, 4) is 0 Å². The van der Waals surface area contributed by atoms with Gasteiger partial charge in [-0.15, -0.1) is 0 Å². The fourth-order valence-corrected chi connectivity index (χ4v) is 10.4. The summed E-state index contributed by atoms with van der Waals surface area (Å²) >= 11 is 0. The number of allylic oxidation sites excluding steroid dienone is 2. The summed E-state index contributed by atoms with van der Waals surface area (Å²) in [6.07, 6.45) is 6.64. The van der Waals surface area contributed by atoms with E-state index in [0.29, 0.717) is 30.4 Å². The molecule has 7 rings (SSSR count). The van der Waals surface area contributed by atoms with Crippen molar-refractivity contribution in [3.05, 3.63) is 59.3 Å². The first-order chi connectivity index (χ1) is 29.0. The van der Waals surface area contributed by atoms with Crippen LogP contribution in [-0.2, 0) is 47.4 Å². The fourth-order valence-electron chi connectivity index (χ4n) is 10.4. The van der Waals surface area contributed by atoms with Crippen LogP contribution in [0.2, 0.25) is 0 Å². The zero-order chi connectivity index (χ0) is 44.0. The molecule has 6 aliphatic heterocycles. The number of methoxy groups -OCH3 is 1. The molecule has 7 aliphatic rings. The van der Waals surface area contributed by atoms with E-state index in [1.54, 1.807) is 33.1 Å². The Bertz CT molecular complexity index is 1700. The van der Waals surface area contributed by atoms with Gasteiger partial charge < -0.3 is 63.1 Å². The van der Waals surface area contributed by atoms with Crippen molar-refractivity contribution >= 4 is 5.97 Å². The van der Waals surface area contributed by atoms with E-state index < -0.39 is 103 Å². The molecular weight excluding hydrogens is 789 g/mol. The standard InChI is InChI=1S/C47H70O14/c1-10-24(2)42-27(5)16-17-46(61-42)22-33-19-32(60-46)15-14-26(4)41(58-37-20-35(48)43(30(8)56-37)59-38-21-36(53-9)40(50)29(7)55-38)25(3)12-11-13-31-23-54-44-39(49)28(6)18-34(45(51)57-33)47(31,44)52/h11-14,16-18,24-25,27,29-30,32-44,48-50,52H,10,15,19-23H2,1-9H3/b12-11-,26-14-,31-13?/t24-,25-,27-,29-,30-,32+,33-,34-,35-,36-,37-,38-,39+,40-,41-,42+,43-,44+,46+,47+/m0/s1. The number of fused-ring (bicyclic) bond motifs is 2. The van der Waals surface area contributed by atoms with Crippen LogP contribution in [0.25, 0.3) is 0 Å². The smallest absolute Gasteiger partial charge is 0.316 e. The summed E-state index contributed by atoms with van der Waals surface area (Å²) in [6.45, 7) is 15.8. The summed E-state index contributed by atoms with van der Waals surface area (Å²) in [7, 11) is 1.54. The van der Waals surface area contributed by atoms with Crippen LogP contribution in [0.3, 0.4) is 0 Å². The molecule has 20 atom stereocenters. The van der Waals surface area contributed by atoms with Crippen LogP contribution in [0, 0.1) is 23.7 Å². The van der Waals surface area contributed by atoms with Crippen LogP contribution in [0.15, 0.2) is 59.3 Å². The van der Waals surface area contributed by atoms with E-state index in [-0.39, 0.29) is 43.3 Å². The summed E-state index contributed by atoms with van der Waals surface area (Å²) in [5, 5.41) is 45.5. The van der Waals surface area contributed by atoms with E-state index in [9.17, 15) is 25.2 Å². The van der Waals surface area contributed by atoms with Crippen molar-refractivity contribution in [2.45, 2.75) is 191 Å². The second-order valence-corrected chi connectivity index (χ2v) is 18.7. The SMILES string of the molecule is CC[C@H](C)[C@H]1O[C@]2(C=C[C@@H]1C)C[C@@H]1C[C@@H](C/C=C(/C)[C@@H](O[C@H]3C[C@H](O)[C@@H](O[C@H]4C[C@H](OC)[C@@H](O)[C@H](C)O4)[C@H](C)O3)[C@@H](C)/C=C\C=C3CO[C@@H]4[C@H](O)C(C)=C[C@@H](C(=O)O1)[C@]34O)O2. The molecule has 0 amide bonds. The van der Waals surface area contributed by atoms with E-state index >= 15 is 0 Å². The van der Waals surface area contributed by atoms with E-state index in [1.807, 2.05) is 39.0 Å². The third-order valence-corrected chi connectivity index (χ3v) is 14.2. The fraction of sp³-hybridized carbons (Fsp3) is 0.766. The lowest BCUT2D eigenvalue weighted by atomic mass is 9.71. The van der Waals surface area contributed by atoms with Gasteiger partial charge in [0.05, 0.1) is 49.3 Å². The summed E-state index contributed by atoms with van der Waals surface area (Å²) < 4.78 is 56.9. The first-order valence-electron chi connectivity index (χ1n) is 22.5. The van der Waals surface area contributed by atoms with E-state index in [0.717, 1.165) is 12.0 Å². The van der Waals surface area contributed by atoms with Crippen LogP contribution in [0.4, 0.5) is 0 Å². The minimum absolute atomic E-state index is 0.0173. The third-order valence-electron chi connectivity index (χ3n) is 14.2. The summed E-state index contributed by atoms with van der Waals surface area (Å²) in [5.74, 6) is -2.66. The van der Waals surface area contributed by atoms with Gasteiger partial charge in [0.25, 0.3) is 0 Å². The molecule has 14 heteroatoms. The quantitative estimate of drug-likeness (QED) is 0.204. The Morgan fingerprint density at radius 1 is 0.918 bits per heavy atom. The lowest BCUT2D eigenvalue weighted by molar-refractivity contribution is -0.316. The van der Waals surface area contributed by atoms with Crippen LogP contribution < -0.4 is 0 Å². The summed E-state index contributed by atoms with van der Waals surface area (Å²) in [4.78, 5) is 14.3. The predicted molar refractivity (Wildman–Crippen MR) is 223 cm³/mol. The number of hydrogen-bond acceptors (Lipinski definition) is 14. The Balaban J connectivity index is 1.17. The molecule has 6 heterocycles. The third kappa shape index (κ3) is 9.58. The van der Waals surface area contributed by atoms with Gasteiger partial charge in [0, 0.05) is 44.6 Å². The Morgan fingerprint density at radius 2 is 1.66 bits per heavy atom. The average Bonchev–Trinajstić information content (AvgIpc) is 3.56. The van der Waals surface area contributed by atoms with Gasteiger partial charge in [-0.2, -0.15) is 0 Å². The van der Waals surface area contributed by atoms with Gasteiger partial charge in [-0.25, -0.2) is 0 Å². The van der Waals surface area contributed by atoms with Crippen molar-refractivity contribution in [2.75, 3.05) is 13.7 Å². The molecule has 4 N–H and O–H groups in total. The molecule has 0 aromatic heterocycles. The van der Waals surface area contributed by atoms with E-state index in [1.165, 1.54) is 0 Å². The molecular formula is C47H70O14. The maximum absolute atomic E-state index is 14.3. The topological polar surface area (TPSA) is 181 Å². The van der Waals surface area contributed by atoms with E-state index in [2.05, 4.69) is 32.9 Å². The Labute approximate surface area is 360 Å². The number of carbonyl (C=O) groups excluding carboxylic acids is 1. The number of carbonyl (C=O) groups is 1. The maximum atomic E-state index is 14.3. The molecule has 0 aromatic rings. The second-order valence-electron chi connectivity index (χ2n) is 18.7. The first-order valence-corrected chi connectivity index (χ1v) is 22.5. The largest absolute Gasteiger partial charge is 0.462 e. The molecule has 0 aromatic carbocycles. The minimum atomic E-state index is -1.85. The highest BCUT2D eigenvalue weighted by Gasteiger charge is 2.60. The molecule has 0 radical (unpaired) electrons. The van der Waals surface area contributed by atoms with Crippen molar-refractivity contribution in [1.29, 1.82) is 0 Å². The van der Waals surface area contributed by atoms with Gasteiger partial charge in [0.1, 0.15) is 42.0 Å². The Morgan fingerprint density at radius 3 is 2.38 bits per heavy atom. The van der Waals surface area contributed by atoms with Crippen LogP contribution >= 0.6 is 0 Å². The lowest BCUT2D eigenvalue weighted by Gasteiger charge is -2.48. The first kappa shape index (κ1) is 46.7. The van der Waals surface area contributed by atoms with Gasteiger partial charge in [-0.1, -0.05) is 70.6 Å². The lowest BCUT2D eigenvalue weighted by Crippen LogP contribution is -2.58. The van der Waals surface area contributed by atoms with Crippen LogP contribution in [0.5, 0.6) is 0 Å². The molecule has 4 fully saturated rings. The number of esters is 1. The highest BCUT2D eigenvalue weighted by atomic mass is 16.7. The molecule has 2 bridgehead atoms. The molecule has 1 spiro atoms. The number of rotatable bonds is 7. The zero-order valence-corrected chi connectivity index (χ0v) is 37.3. The van der Waals surface area contributed by atoms with Gasteiger partial charge in [-0.05, 0) is 62.8 Å². The number of aliphatic hydroxyl groups is 4. The van der Waals surface area contributed by atoms with Gasteiger partial charge >= 0.3 is 5.97 Å². The molecule has 342 valence electrons. The number of aliphatic hydroxyl groups excluding tert-OH is 3. The molecule has 14 nitrogen and oxygen atoms in total. The van der Waals surface area contributed by atoms with Crippen molar-refractivity contribution in [1.82, 2.24) is 0 Å². The molecule has 0 saturated carbocycles. The highest BCUT2D eigenvalue weighted by Crippen LogP contribution is 2.47. The second kappa shape index (κ2) is 19.0. The average molecular weight is 859 g/mol. The minimum Gasteiger partial charge on any atom is -0.462 e. The number of hydrogen-bond donors (Lipinski definition) is 4. The number of ether oxygens (including phenoxy) is 9. The van der Waals surface area contributed by atoms with Crippen molar-refractivity contribution in [2.24, 2.45) is 23.7 Å². The summed E-state index contributed by atoms with van der Waals surface area (Å²) in [6, 6.07) is 0. The Kier molecular flexibility index (Phi) is 14.6. The van der Waals surface area contributed by atoms with Gasteiger partial charge in [-0.3, -0.25) is 4.79 Å². The van der Waals surface area contributed by atoms with Crippen molar-refractivity contribution in [3.63, 3.8) is 0 Å². The molecule has 0 unspecified atom stereocenters. The summed E-state index contributed by atoms with van der Waals surface area (Å²) in [5.41, 5.74) is 0.0468. The maximum Gasteiger partial charge on any atom is 0.316 e. The monoisotopic (exact) mass is 858 g/mol. The highest BCUT2D eigenvalue weighted by molar-refractivity contribution is 5.78. The van der Waals surface area contributed by atoms with Crippen molar-refractivity contribution < 1.29 is 67.9 Å². The van der Waals surface area contributed by atoms with Gasteiger partial charge in [0.15, 0.2) is 18.4 Å². The van der Waals surface area contributed by atoms with E-state index in [4.69, 9.17) is 42.6 Å². The predicted octanol–water partition coefficient (Wildman–Crippen LogP) is 4.72. The van der Waals surface area contributed by atoms with Crippen LogP contribution in [0.1, 0.15) is 93.9 Å².